The van der Waals surface area contributed by atoms with Crippen LogP contribution in [0.3, 0.4) is 0 Å². The van der Waals surface area contributed by atoms with Crippen molar-refractivity contribution in [2.24, 2.45) is 0 Å². The smallest absolute Gasteiger partial charge is 0.383 e. The SMILES string of the molecule is C=C1N(c2ccc(C#N)c(C(F)(F)F)c2F)C(=O)C(C)(C)N1c1ccc(CCCC(=O)NCCNc2cccc3c2C(=O)N(C2CCC(=O)NC2=O)C3=O)nc1. The molecule has 6 rings (SSSR count). The lowest BCUT2D eigenvalue weighted by molar-refractivity contribution is -0.140. The van der Waals surface area contributed by atoms with Crippen molar-refractivity contribution in [2.75, 3.05) is 28.2 Å². The molecule has 0 saturated carbocycles. The van der Waals surface area contributed by atoms with Crippen molar-refractivity contribution in [3.8, 4) is 6.07 Å². The van der Waals surface area contributed by atoms with Crippen LogP contribution < -0.4 is 25.8 Å². The molecule has 1 aromatic heterocycles. The van der Waals surface area contributed by atoms with Gasteiger partial charge in [-0.15, -0.1) is 0 Å². The van der Waals surface area contributed by atoms with Crippen molar-refractivity contribution in [3.63, 3.8) is 0 Å². The van der Waals surface area contributed by atoms with Gasteiger partial charge in [0.2, 0.25) is 17.7 Å². The number of nitrogens with zero attached hydrogens (tertiary/aromatic N) is 5. The first-order chi connectivity index (χ1) is 26.5. The number of amides is 6. The fourth-order valence-electron chi connectivity index (χ4n) is 7.01. The number of alkyl halides is 3. The van der Waals surface area contributed by atoms with E-state index in [-0.39, 0.29) is 55.2 Å². The zero-order valence-electron chi connectivity index (χ0n) is 30.1. The number of rotatable bonds is 11. The molecule has 18 heteroatoms. The minimum absolute atomic E-state index is 0.00220. The molecule has 6 amide bonds. The van der Waals surface area contributed by atoms with Gasteiger partial charge in [-0.2, -0.15) is 18.4 Å². The van der Waals surface area contributed by atoms with E-state index in [0.29, 0.717) is 29.9 Å². The Bertz CT molecular complexity index is 2230. The first kappa shape index (κ1) is 39.1. The Balaban J connectivity index is 1.01. The number of hydrogen-bond donors (Lipinski definition) is 3. The molecule has 1 unspecified atom stereocenters. The Morgan fingerprint density at radius 3 is 2.48 bits per heavy atom. The van der Waals surface area contributed by atoms with Crippen LogP contribution in [0.2, 0.25) is 0 Å². The van der Waals surface area contributed by atoms with Crippen LogP contribution in [0.25, 0.3) is 0 Å². The van der Waals surface area contributed by atoms with Gasteiger partial charge in [-0.3, -0.25) is 48.9 Å². The predicted octanol–water partition coefficient (Wildman–Crippen LogP) is 4.17. The number of benzene rings is 2. The number of carbonyl (C=O) groups is 6. The molecule has 1 atom stereocenters. The summed E-state index contributed by atoms with van der Waals surface area (Å²) in [5, 5.41) is 17.1. The van der Waals surface area contributed by atoms with Gasteiger partial charge in [0.1, 0.15) is 23.0 Å². The second-order valence-corrected chi connectivity index (χ2v) is 13.7. The number of piperidine rings is 1. The topological polar surface area (TPSA) is 185 Å². The summed E-state index contributed by atoms with van der Waals surface area (Å²) < 4.78 is 56.4. The van der Waals surface area contributed by atoms with Crippen molar-refractivity contribution in [2.45, 2.75) is 63.7 Å². The van der Waals surface area contributed by atoms with Gasteiger partial charge in [0.05, 0.1) is 40.3 Å². The van der Waals surface area contributed by atoms with Crippen LogP contribution in [0.5, 0.6) is 0 Å². The van der Waals surface area contributed by atoms with E-state index < -0.39 is 69.9 Å². The number of halogens is 4. The average molecular weight is 775 g/mol. The van der Waals surface area contributed by atoms with Gasteiger partial charge in [0.15, 0.2) is 5.82 Å². The molecule has 14 nitrogen and oxygen atoms in total. The lowest BCUT2D eigenvalue weighted by Gasteiger charge is -2.30. The van der Waals surface area contributed by atoms with E-state index in [2.05, 4.69) is 27.5 Å². The lowest BCUT2D eigenvalue weighted by Crippen LogP contribution is -2.54. The molecule has 0 spiro atoms. The van der Waals surface area contributed by atoms with Gasteiger partial charge < -0.3 is 15.5 Å². The molecule has 4 heterocycles. The van der Waals surface area contributed by atoms with E-state index in [0.717, 1.165) is 21.9 Å². The minimum atomic E-state index is -5.19. The van der Waals surface area contributed by atoms with Crippen LogP contribution in [0.4, 0.5) is 34.6 Å². The van der Waals surface area contributed by atoms with Gasteiger partial charge >= 0.3 is 6.18 Å². The number of carbonyl (C=O) groups excluding carboxylic acids is 6. The molecule has 290 valence electrons. The second-order valence-electron chi connectivity index (χ2n) is 13.7. The largest absolute Gasteiger partial charge is 0.420 e. The Morgan fingerprint density at radius 2 is 1.82 bits per heavy atom. The van der Waals surface area contributed by atoms with Gasteiger partial charge in [-0.05, 0) is 69.5 Å². The van der Waals surface area contributed by atoms with Crippen molar-refractivity contribution in [3.05, 3.63) is 94.8 Å². The number of nitriles is 1. The van der Waals surface area contributed by atoms with Crippen LogP contribution in [-0.2, 0) is 31.8 Å². The maximum atomic E-state index is 15.3. The van der Waals surface area contributed by atoms with Crippen molar-refractivity contribution in [1.29, 1.82) is 5.26 Å². The highest BCUT2D eigenvalue weighted by molar-refractivity contribution is 6.25. The zero-order valence-corrected chi connectivity index (χ0v) is 30.1. The first-order valence-corrected chi connectivity index (χ1v) is 17.4. The molecule has 2 fully saturated rings. The molecule has 2 saturated heterocycles. The normalized spacial score (nSPS) is 17.9. The van der Waals surface area contributed by atoms with E-state index in [1.54, 1.807) is 24.3 Å². The van der Waals surface area contributed by atoms with Crippen LogP contribution in [0.1, 0.15) is 77.1 Å². The predicted molar refractivity (Wildman–Crippen MR) is 191 cm³/mol. The Labute approximate surface area is 317 Å². The molecule has 3 N–H and O–H groups in total. The molecule has 0 bridgehead atoms. The third kappa shape index (κ3) is 7.03. The van der Waals surface area contributed by atoms with Crippen molar-refractivity contribution in [1.82, 2.24) is 20.5 Å². The average Bonchev–Trinajstić information content (AvgIpc) is 3.49. The van der Waals surface area contributed by atoms with E-state index in [9.17, 15) is 41.9 Å². The molecule has 3 aliphatic rings. The number of fused-ring (bicyclic) bond motifs is 1. The third-order valence-corrected chi connectivity index (χ3v) is 9.70. The summed E-state index contributed by atoms with van der Waals surface area (Å²) in [4.78, 5) is 83.7. The van der Waals surface area contributed by atoms with Gasteiger partial charge in [0.25, 0.3) is 17.7 Å². The van der Waals surface area contributed by atoms with E-state index in [1.807, 2.05) is 0 Å². The summed E-state index contributed by atoms with van der Waals surface area (Å²) in [7, 11) is 0. The molecular formula is C38H34F4N8O6. The zero-order chi connectivity index (χ0) is 40.7. The molecule has 2 aromatic carbocycles. The molecule has 3 aromatic rings. The lowest BCUT2D eigenvalue weighted by atomic mass is 10.0. The fourth-order valence-corrected chi connectivity index (χ4v) is 7.01. The van der Waals surface area contributed by atoms with Crippen molar-refractivity contribution < 1.29 is 46.3 Å². The van der Waals surface area contributed by atoms with E-state index in [4.69, 9.17) is 5.26 Å². The van der Waals surface area contributed by atoms with Crippen LogP contribution in [0.15, 0.2) is 61.1 Å². The highest BCUT2D eigenvalue weighted by atomic mass is 19.4. The number of nitrogens with one attached hydrogen (secondary N) is 3. The number of imide groups is 2. The fraction of sp³-hybridized carbons (Fsp3) is 0.316. The summed E-state index contributed by atoms with van der Waals surface area (Å²) in [5.41, 5.74) is -3.26. The Morgan fingerprint density at radius 1 is 1.07 bits per heavy atom. The quantitative estimate of drug-likeness (QED) is 0.145. The van der Waals surface area contributed by atoms with Crippen LogP contribution in [0, 0.1) is 17.1 Å². The Kier molecular flexibility index (Phi) is 10.4. The van der Waals surface area contributed by atoms with E-state index in [1.165, 1.54) is 37.1 Å². The Hall–Kier alpha value is -6.64. The maximum Gasteiger partial charge on any atom is 0.420 e. The van der Waals surface area contributed by atoms with Crippen molar-refractivity contribution >= 4 is 52.5 Å². The summed E-state index contributed by atoms with van der Waals surface area (Å²) in [6.45, 7) is 7.26. The maximum absolute atomic E-state index is 15.3. The minimum Gasteiger partial charge on any atom is -0.383 e. The van der Waals surface area contributed by atoms with Crippen LogP contribution in [-0.4, -0.2) is 70.0 Å². The van der Waals surface area contributed by atoms with Crippen LogP contribution >= 0.6 is 0 Å². The molecule has 3 aliphatic heterocycles. The summed E-state index contributed by atoms with van der Waals surface area (Å²) in [6, 6.07) is 9.92. The molecule has 56 heavy (non-hydrogen) atoms. The number of aryl methyl sites for hydroxylation is 1. The monoisotopic (exact) mass is 774 g/mol. The van der Waals surface area contributed by atoms with Gasteiger partial charge in [0, 0.05) is 37.3 Å². The summed E-state index contributed by atoms with van der Waals surface area (Å²) in [6.07, 6.45) is -2.76. The molecular weight excluding hydrogens is 740 g/mol. The third-order valence-electron chi connectivity index (χ3n) is 9.70. The number of hydrogen-bond acceptors (Lipinski definition) is 10. The highest BCUT2D eigenvalue weighted by Crippen LogP contribution is 2.44. The summed E-state index contributed by atoms with van der Waals surface area (Å²) in [5.74, 6) is -5.36. The summed E-state index contributed by atoms with van der Waals surface area (Å²) >= 11 is 0. The second kappa shape index (κ2) is 14.9. The van der Waals surface area contributed by atoms with Gasteiger partial charge in [-0.1, -0.05) is 12.6 Å². The number of aromatic nitrogens is 1. The molecule has 0 aliphatic carbocycles. The van der Waals surface area contributed by atoms with Gasteiger partial charge in [-0.25, -0.2) is 4.39 Å². The highest BCUT2D eigenvalue weighted by Gasteiger charge is 2.51. The molecule has 0 radical (unpaired) electrons. The van der Waals surface area contributed by atoms with E-state index >= 15 is 4.39 Å². The standard InChI is InChI=1S/C38H34F4N8O6/c1-20-48(26-13-10-21(18-43)31(32(26)39)38(40,41)42)36(56)37(2,3)50(20)23-12-11-22(46-19-23)6-4-9-28(51)45-17-16-44-25-8-5-7-24-30(25)35(55)49(34(24)54)27-14-15-29(52)47-33(27)53/h5,7-8,10-13,19,27,44H,1,4,6,9,14-17H2,2-3H3,(H,45,51)(H,47,52,53). The number of pyridine rings is 1. The number of anilines is 3. The first-order valence-electron chi connectivity index (χ1n) is 17.4.